The highest BCUT2D eigenvalue weighted by Gasteiger charge is 2.35. The van der Waals surface area contributed by atoms with Crippen LogP contribution >= 0.6 is 0 Å². The average molecular weight is 275 g/mol. The van der Waals surface area contributed by atoms with Gasteiger partial charge in [0, 0.05) is 12.1 Å². The second-order valence-electron chi connectivity index (χ2n) is 6.35. The lowest BCUT2D eigenvalue weighted by atomic mass is 10.0. The Morgan fingerprint density at radius 2 is 1.95 bits per heavy atom. The second kappa shape index (κ2) is 5.94. The van der Waals surface area contributed by atoms with E-state index in [2.05, 4.69) is 50.3 Å². The van der Waals surface area contributed by atoms with Gasteiger partial charge in [0.2, 0.25) is 5.91 Å². The van der Waals surface area contributed by atoms with Crippen LogP contribution in [-0.4, -0.2) is 54.6 Å². The predicted octanol–water partition coefficient (Wildman–Crippen LogP) is 1.33. The summed E-state index contributed by atoms with van der Waals surface area (Å²) in [7, 11) is 4.10. The summed E-state index contributed by atoms with van der Waals surface area (Å²) < 4.78 is 0. The van der Waals surface area contributed by atoms with Crippen molar-refractivity contribution in [1.29, 1.82) is 0 Å². The molecule has 1 amide bonds. The minimum atomic E-state index is -0.0876. The number of amides is 1. The SMILES string of the molecule is CN(C)C(C)(C)CN1CNC(Cc2ccccc2)C1=O. The first-order valence-electron chi connectivity index (χ1n) is 7.14. The van der Waals surface area contributed by atoms with Crippen LogP contribution in [0.15, 0.2) is 30.3 Å². The maximum Gasteiger partial charge on any atom is 0.241 e. The first kappa shape index (κ1) is 15.0. The molecule has 4 nitrogen and oxygen atoms in total. The molecule has 1 N–H and O–H groups in total. The van der Waals surface area contributed by atoms with Crippen molar-refractivity contribution in [3.05, 3.63) is 35.9 Å². The van der Waals surface area contributed by atoms with E-state index in [-0.39, 0.29) is 17.5 Å². The molecule has 0 saturated carbocycles. The number of carbonyl (C=O) groups is 1. The molecule has 0 radical (unpaired) electrons. The molecule has 4 heteroatoms. The van der Waals surface area contributed by atoms with E-state index >= 15 is 0 Å². The maximum absolute atomic E-state index is 12.5. The van der Waals surface area contributed by atoms with Crippen LogP contribution < -0.4 is 5.32 Å². The third kappa shape index (κ3) is 3.38. The van der Waals surface area contributed by atoms with Gasteiger partial charge in [-0.1, -0.05) is 30.3 Å². The number of carbonyl (C=O) groups excluding carboxylic acids is 1. The van der Waals surface area contributed by atoms with E-state index in [1.54, 1.807) is 0 Å². The van der Waals surface area contributed by atoms with Crippen molar-refractivity contribution >= 4 is 5.91 Å². The number of hydrogen-bond donors (Lipinski definition) is 1. The molecular weight excluding hydrogens is 250 g/mol. The first-order valence-corrected chi connectivity index (χ1v) is 7.14. The van der Waals surface area contributed by atoms with E-state index in [1.165, 1.54) is 5.56 Å². The van der Waals surface area contributed by atoms with Crippen molar-refractivity contribution in [3.8, 4) is 0 Å². The van der Waals surface area contributed by atoms with Crippen LogP contribution in [0.1, 0.15) is 19.4 Å². The number of nitrogens with one attached hydrogen (secondary N) is 1. The molecule has 1 aliphatic rings. The summed E-state index contributed by atoms with van der Waals surface area (Å²) in [5.74, 6) is 0.212. The summed E-state index contributed by atoms with van der Waals surface area (Å²) in [5, 5.41) is 3.32. The highest BCUT2D eigenvalue weighted by molar-refractivity contribution is 5.84. The highest BCUT2D eigenvalue weighted by atomic mass is 16.2. The normalized spacial score (nSPS) is 19.9. The summed E-state index contributed by atoms with van der Waals surface area (Å²) in [6.45, 7) is 5.71. The van der Waals surface area contributed by atoms with Crippen LogP contribution in [0.3, 0.4) is 0 Å². The van der Waals surface area contributed by atoms with Crippen LogP contribution in [0.4, 0.5) is 0 Å². The van der Waals surface area contributed by atoms with Gasteiger partial charge >= 0.3 is 0 Å². The Kier molecular flexibility index (Phi) is 4.45. The molecule has 1 aromatic rings. The van der Waals surface area contributed by atoms with Crippen LogP contribution in [0.2, 0.25) is 0 Å². The Labute approximate surface area is 121 Å². The fourth-order valence-corrected chi connectivity index (χ4v) is 2.36. The molecule has 0 bridgehead atoms. The largest absolute Gasteiger partial charge is 0.327 e. The van der Waals surface area contributed by atoms with E-state index < -0.39 is 0 Å². The van der Waals surface area contributed by atoms with Gasteiger partial charge in [0.05, 0.1) is 12.7 Å². The van der Waals surface area contributed by atoms with E-state index in [4.69, 9.17) is 0 Å². The molecule has 1 aromatic carbocycles. The van der Waals surface area contributed by atoms with Crippen molar-refractivity contribution < 1.29 is 4.79 Å². The smallest absolute Gasteiger partial charge is 0.241 e. The van der Waals surface area contributed by atoms with Crippen LogP contribution in [0.5, 0.6) is 0 Å². The van der Waals surface area contributed by atoms with Crippen molar-refractivity contribution in [1.82, 2.24) is 15.1 Å². The quantitative estimate of drug-likeness (QED) is 0.880. The zero-order chi connectivity index (χ0) is 14.8. The summed E-state index contributed by atoms with van der Waals surface area (Å²) in [4.78, 5) is 16.5. The number of nitrogens with zero attached hydrogens (tertiary/aromatic N) is 2. The fourth-order valence-electron chi connectivity index (χ4n) is 2.36. The molecule has 110 valence electrons. The third-order valence-electron chi connectivity index (χ3n) is 4.21. The molecule has 20 heavy (non-hydrogen) atoms. The molecule has 1 atom stereocenters. The van der Waals surface area contributed by atoms with Gasteiger partial charge in [-0.25, -0.2) is 0 Å². The van der Waals surface area contributed by atoms with Gasteiger partial charge in [-0.2, -0.15) is 0 Å². The van der Waals surface area contributed by atoms with Crippen molar-refractivity contribution in [3.63, 3.8) is 0 Å². The molecule has 0 aromatic heterocycles. The first-order chi connectivity index (χ1) is 9.40. The van der Waals surface area contributed by atoms with Crippen LogP contribution in [-0.2, 0) is 11.2 Å². The molecule has 1 heterocycles. The number of rotatable bonds is 5. The molecule has 2 rings (SSSR count). The predicted molar refractivity (Wildman–Crippen MR) is 81.4 cm³/mol. The Balaban J connectivity index is 1.96. The van der Waals surface area contributed by atoms with Gasteiger partial charge < -0.3 is 9.80 Å². The van der Waals surface area contributed by atoms with Crippen LogP contribution in [0.25, 0.3) is 0 Å². The average Bonchev–Trinajstić information content (AvgIpc) is 2.72. The van der Waals surface area contributed by atoms with E-state index in [1.807, 2.05) is 23.1 Å². The molecule has 0 aliphatic carbocycles. The van der Waals surface area contributed by atoms with Gasteiger partial charge in [0.1, 0.15) is 0 Å². The summed E-state index contributed by atoms with van der Waals surface area (Å²) in [6, 6.07) is 10.1. The Morgan fingerprint density at radius 3 is 2.55 bits per heavy atom. The zero-order valence-electron chi connectivity index (χ0n) is 12.9. The van der Waals surface area contributed by atoms with E-state index in [0.717, 1.165) is 13.0 Å². The highest BCUT2D eigenvalue weighted by Crippen LogP contribution is 2.16. The van der Waals surface area contributed by atoms with Gasteiger partial charge in [0.25, 0.3) is 0 Å². The minimum Gasteiger partial charge on any atom is -0.327 e. The lowest BCUT2D eigenvalue weighted by Crippen LogP contribution is -2.49. The summed E-state index contributed by atoms with van der Waals surface area (Å²) in [6.07, 6.45) is 0.762. The molecule has 1 aliphatic heterocycles. The van der Waals surface area contributed by atoms with E-state index in [9.17, 15) is 4.79 Å². The van der Waals surface area contributed by atoms with Gasteiger partial charge in [-0.05, 0) is 39.9 Å². The Hall–Kier alpha value is -1.39. The van der Waals surface area contributed by atoms with Gasteiger partial charge in [-0.3, -0.25) is 10.1 Å². The lowest BCUT2D eigenvalue weighted by Gasteiger charge is -2.36. The topological polar surface area (TPSA) is 35.6 Å². The summed E-state index contributed by atoms with van der Waals surface area (Å²) >= 11 is 0. The van der Waals surface area contributed by atoms with Crippen molar-refractivity contribution in [2.45, 2.75) is 31.8 Å². The summed E-state index contributed by atoms with van der Waals surface area (Å²) in [5.41, 5.74) is 1.19. The Bertz CT molecular complexity index is 456. The standard InChI is InChI=1S/C16H25N3O/c1-16(2,18(3)4)11-19-12-17-14(15(19)20)10-13-8-6-5-7-9-13/h5-9,14,17H,10-12H2,1-4H3. The monoisotopic (exact) mass is 275 g/mol. The number of hydrogen-bond acceptors (Lipinski definition) is 3. The minimum absolute atomic E-state index is 0.0149. The maximum atomic E-state index is 12.5. The molecule has 1 unspecified atom stereocenters. The lowest BCUT2D eigenvalue weighted by molar-refractivity contribution is -0.130. The van der Waals surface area contributed by atoms with Crippen LogP contribution in [0, 0.1) is 0 Å². The van der Waals surface area contributed by atoms with Crippen molar-refractivity contribution in [2.75, 3.05) is 27.3 Å². The Morgan fingerprint density at radius 1 is 1.30 bits per heavy atom. The van der Waals surface area contributed by atoms with E-state index in [0.29, 0.717) is 6.67 Å². The molecule has 0 spiro atoms. The second-order valence-corrected chi connectivity index (χ2v) is 6.35. The zero-order valence-corrected chi connectivity index (χ0v) is 12.9. The van der Waals surface area contributed by atoms with Gasteiger partial charge in [-0.15, -0.1) is 0 Å². The third-order valence-corrected chi connectivity index (χ3v) is 4.21. The molecule has 1 saturated heterocycles. The van der Waals surface area contributed by atoms with Gasteiger partial charge in [0.15, 0.2) is 0 Å². The number of benzene rings is 1. The molecular formula is C16H25N3O. The molecule has 1 fully saturated rings. The number of likely N-dealkylation sites (N-methyl/N-ethyl adjacent to an activating group) is 1. The van der Waals surface area contributed by atoms with Crippen molar-refractivity contribution in [2.24, 2.45) is 0 Å². The fraction of sp³-hybridized carbons (Fsp3) is 0.562.